The number of nitrogens with zero attached hydrogens (tertiary/aromatic N) is 1. The standard InChI is InChI=1S/C11H13NO2/c1-3-4-7-14-10-5-6-11(9(2)13)12-8-10/h3,5-6,8H,1,4,7H2,2H3. The molecule has 0 spiro atoms. The van der Waals surface area contributed by atoms with Crippen molar-refractivity contribution in [1.29, 1.82) is 0 Å². The summed E-state index contributed by atoms with van der Waals surface area (Å²) in [4.78, 5) is 14.9. The lowest BCUT2D eigenvalue weighted by Gasteiger charge is -2.03. The fraction of sp³-hybridized carbons (Fsp3) is 0.273. The highest BCUT2D eigenvalue weighted by molar-refractivity contribution is 5.92. The number of ketones is 1. The molecule has 0 aliphatic heterocycles. The molecule has 14 heavy (non-hydrogen) atoms. The molecule has 0 N–H and O–H groups in total. The summed E-state index contributed by atoms with van der Waals surface area (Å²) in [5, 5.41) is 0. The number of carbonyl (C=O) groups is 1. The lowest BCUT2D eigenvalue weighted by molar-refractivity contribution is 0.101. The Balaban J connectivity index is 2.55. The third kappa shape index (κ3) is 3.01. The van der Waals surface area contributed by atoms with Crippen molar-refractivity contribution in [3.8, 4) is 5.75 Å². The summed E-state index contributed by atoms with van der Waals surface area (Å²) in [7, 11) is 0. The molecule has 0 saturated carbocycles. The van der Waals surface area contributed by atoms with E-state index in [1.54, 1.807) is 24.4 Å². The molecule has 3 nitrogen and oxygen atoms in total. The van der Waals surface area contributed by atoms with Crippen molar-refractivity contribution in [2.45, 2.75) is 13.3 Å². The predicted octanol–water partition coefficient (Wildman–Crippen LogP) is 2.24. The van der Waals surface area contributed by atoms with Gasteiger partial charge in [-0.25, -0.2) is 4.98 Å². The summed E-state index contributed by atoms with van der Waals surface area (Å²) >= 11 is 0. The van der Waals surface area contributed by atoms with E-state index in [9.17, 15) is 4.79 Å². The van der Waals surface area contributed by atoms with E-state index in [1.807, 2.05) is 0 Å². The lowest BCUT2D eigenvalue weighted by atomic mass is 10.3. The molecule has 1 aromatic rings. The quantitative estimate of drug-likeness (QED) is 0.407. The minimum atomic E-state index is -0.0392. The first kappa shape index (κ1) is 10.4. The van der Waals surface area contributed by atoms with E-state index in [0.29, 0.717) is 18.1 Å². The topological polar surface area (TPSA) is 39.2 Å². The maximum Gasteiger partial charge on any atom is 0.178 e. The van der Waals surface area contributed by atoms with Gasteiger partial charge in [0.15, 0.2) is 5.78 Å². The molecule has 1 aromatic heterocycles. The van der Waals surface area contributed by atoms with Crippen LogP contribution in [-0.2, 0) is 0 Å². The second-order valence-corrected chi connectivity index (χ2v) is 2.86. The molecule has 1 rings (SSSR count). The zero-order valence-electron chi connectivity index (χ0n) is 8.19. The van der Waals surface area contributed by atoms with Crippen molar-refractivity contribution in [3.05, 3.63) is 36.7 Å². The molecule has 0 fully saturated rings. The zero-order valence-corrected chi connectivity index (χ0v) is 8.19. The first-order valence-corrected chi connectivity index (χ1v) is 4.44. The summed E-state index contributed by atoms with van der Waals surface area (Å²) in [5.41, 5.74) is 0.459. The molecule has 0 aliphatic carbocycles. The average Bonchev–Trinajstić information content (AvgIpc) is 2.19. The Bertz CT molecular complexity index is 317. The molecule has 0 aromatic carbocycles. The highest BCUT2D eigenvalue weighted by Gasteiger charge is 2.00. The molecule has 74 valence electrons. The van der Waals surface area contributed by atoms with Gasteiger partial charge >= 0.3 is 0 Å². The third-order valence-corrected chi connectivity index (χ3v) is 1.69. The molecule has 0 radical (unpaired) electrons. The summed E-state index contributed by atoms with van der Waals surface area (Å²) in [6.45, 7) is 5.66. The van der Waals surface area contributed by atoms with Gasteiger partial charge in [0.2, 0.25) is 0 Å². The molecule has 0 unspecified atom stereocenters. The summed E-state index contributed by atoms with van der Waals surface area (Å²) in [6, 6.07) is 3.40. The van der Waals surface area contributed by atoms with Gasteiger partial charge in [-0.2, -0.15) is 0 Å². The SMILES string of the molecule is C=CCCOc1ccc(C(C)=O)nc1. The molecular weight excluding hydrogens is 178 g/mol. The van der Waals surface area contributed by atoms with Crippen molar-refractivity contribution in [3.63, 3.8) is 0 Å². The smallest absolute Gasteiger partial charge is 0.178 e. The largest absolute Gasteiger partial charge is 0.492 e. The van der Waals surface area contributed by atoms with Crippen LogP contribution in [0.5, 0.6) is 5.75 Å². The van der Waals surface area contributed by atoms with Crippen LogP contribution in [-0.4, -0.2) is 17.4 Å². The number of rotatable bonds is 5. The van der Waals surface area contributed by atoms with Crippen LogP contribution in [0, 0.1) is 0 Å². The van der Waals surface area contributed by atoms with E-state index in [0.717, 1.165) is 6.42 Å². The van der Waals surface area contributed by atoms with Crippen LogP contribution < -0.4 is 4.74 Å². The van der Waals surface area contributed by atoms with Gasteiger partial charge in [-0.15, -0.1) is 6.58 Å². The van der Waals surface area contributed by atoms with Crippen LogP contribution >= 0.6 is 0 Å². The Kier molecular flexibility index (Phi) is 3.85. The fourth-order valence-corrected chi connectivity index (χ4v) is 0.934. The van der Waals surface area contributed by atoms with Crippen LogP contribution in [0.15, 0.2) is 31.0 Å². The maximum absolute atomic E-state index is 10.9. The second kappa shape index (κ2) is 5.17. The number of Topliss-reactive ketones (excluding diaryl/α,β-unsaturated/α-hetero) is 1. The van der Waals surface area contributed by atoms with Gasteiger partial charge in [0.05, 0.1) is 12.8 Å². The summed E-state index contributed by atoms with van der Waals surface area (Å²) < 4.78 is 5.34. The zero-order chi connectivity index (χ0) is 10.4. The molecule has 0 aliphatic rings. The molecule has 0 atom stereocenters. The lowest BCUT2D eigenvalue weighted by Crippen LogP contribution is -1.99. The van der Waals surface area contributed by atoms with Gasteiger partial charge in [-0.1, -0.05) is 6.08 Å². The minimum Gasteiger partial charge on any atom is -0.492 e. The Morgan fingerprint density at radius 2 is 2.43 bits per heavy atom. The van der Waals surface area contributed by atoms with E-state index in [-0.39, 0.29) is 5.78 Å². The van der Waals surface area contributed by atoms with Crippen LogP contribution in [0.1, 0.15) is 23.8 Å². The van der Waals surface area contributed by atoms with Gasteiger partial charge in [-0.05, 0) is 18.6 Å². The number of pyridine rings is 1. The molecule has 1 heterocycles. The van der Waals surface area contributed by atoms with E-state index in [2.05, 4.69) is 11.6 Å². The van der Waals surface area contributed by atoms with Gasteiger partial charge in [0.25, 0.3) is 0 Å². The monoisotopic (exact) mass is 191 g/mol. The van der Waals surface area contributed by atoms with E-state index < -0.39 is 0 Å². The Hall–Kier alpha value is -1.64. The highest BCUT2D eigenvalue weighted by atomic mass is 16.5. The molecular formula is C11H13NO2. The number of carbonyl (C=O) groups excluding carboxylic acids is 1. The molecule has 0 amide bonds. The number of hydrogen-bond donors (Lipinski definition) is 0. The minimum absolute atomic E-state index is 0.0392. The van der Waals surface area contributed by atoms with Crippen LogP contribution in [0.2, 0.25) is 0 Å². The van der Waals surface area contributed by atoms with Gasteiger partial charge < -0.3 is 4.74 Å². The average molecular weight is 191 g/mol. The van der Waals surface area contributed by atoms with Crippen LogP contribution in [0.3, 0.4) is 0 Å². The van der Waals surface area contributed by atoms with E-state index in [1.165, 1.54) is 6.92 Å². The highest BCUT2D eigenvalue weighted by Crippen LogP contribution is 2.09. The Morgan fingerprint density at radius 1 is 1.64 bits per heavy atom. The number of ether oxygens (including phenoxy) is 1. The first-order chi connectivity index (χ1) is 6.74. The van der Waals surface area contributed by atoms with E-state index in [4.69, 9.17) is 4.74 Å². The maximum atomic E-state index is 10.9. The van der Waals surface area contributed by atoms with Crippen molar-refractivity contribution < 1.29 is 9.53 Å². The van der Waals surface area contributed by atoms with Crippen molar-refractivity contribution in [1.82, 2.24) is 4.98 Å². The van der Waals surface area contributed by atoms with Crippen LogP contribution in [0.25, 0.3) is 0 Å². The second-order valence-electron chi connectivity index (χ2n) is 2.86. The van der Waals surface area contributed by atoms with E-state index >= 15 is 0 Å². The predicted molar refractivity (Wildman–Crippen MR) is 54.6 cm³/mol. The normalized spacial score (nSPS) is 9.50. The number of hydrogen-bond acceptors (Lipinski definition) is 3. The fourth-order valence-electron chi connectivity index (χ4n) is 0.934. The van der Waals surface area contributed by atoms with Gasteiger partial charge in [-0.3, -0.25) is 4.79 Å². The Labute approximate surface area is 83.4 Å². The van der Waals surface area contributed by atoms with Crippen LogP contribution in [0.4, 0.5) is 0 Å². The third-order valence-electron chi connectivity index (χ3n) is 1.69. The Morgan fingerprint density at radius 3 is 2.93 bits per heavy atom. The van der Waals surface area contributed by atoms with Gasteiger partial charge in [0, 0.05) is 6.92 Å². The summed E-state index contributed by atoms with van der Waals surface area (Å²) in [5.74, 6) is 0.638. The van der Waals surface area contributed by atoms with Gasteiger partial charge in [0.1, 0.15) is 11.4 Å². The molecule has 0 bridgehead atoms. The first-order valence-electron chi connectivity index (χ1n) is 4.44. The molecule has 0 saturated heterocycles. The van der Waals surface area contributed by atoms with Crippen molar-refractivity contribution >= 4 is 5.78 Å². The molecule has 3 heteroatoms. The number of aromatic nitrogens is 1. The van der Waals surface area contributed by atoms with Crippen molar-refractivity contribution in [2.75, 3.05) is 6.61 Å². The summed E-state index contributed by atoms with van der Waals surface area (Å²) in [6.07, 6.45) is 4.14. The van der Waals surface area contributed by atoms with Crippen molar-refractivity contribution in [2.24, 2.45) is 0 Å².